The molecule has 0 aliphatic rings. The highest BCUT2D eigenvalue weighted by molar-refractivity contribution is 5.98. The van der Waals surface area contributed by atoms with Gasteiger partial charge in [-0.3, -0.25) is 14.4 Å². The second-order valence-electron chi connectivity index (χ2n) is 8.18. The lowest BCUT2D eigenvalue weighted by Crippen LogP contribution is -2.37. The van der Waals surface area contributed by atoms with Crippen molar-refractivity contribution in [3.63, 3.8) is 0 Å². The zero-order valence-electron chi connectivity index (χ0n) is 19.1. The fraction of sp³-hybridized carbons (Fsp3) is 0.250. The Bertz CT molecular complexity index is 1370. The molecule has 0 unspecified atom stereocenters. The van der Waals surface area contributed by atoms with Gasteiger partial charge in [0.05, 0.1) is 12.1 Å². The molecule has 1 amide bonds. The van der Waals surface area contributed by atoms with Gasteiger partial charge in [-0.05, 0) is 29.3 Å². The molecule has 190 valence electrons. The molecule has 36 heavy (non-hydrogen) atoms. The van der Waals surface area contributed by atoms with Crippen molar-refractivity contribution in [1.82, 2.24) is 15.1 Å². The Morgan fingerprint density at radius 2 is 1.69 bits per heavy atom. The first-order valence-corrected chi connectivity index (χ1v) is 10.6. The standard InChI is InChI=1S/C24H21F4N3O5/c1-12(2)20-21(34)19(22(35)29-10-18(32)33)23(36)31(30-20)11-15-4-3-14(9-17(15)25)13-5-7-16(8-6-13)24(26,27)28/h3-9,12,34H,10-11H2,1-2H3,(H,29,35)(H,32,33). The Labute approximate surface area is 201 Å². The Morgan fingerprint density at radius 1 is 1.08 bits per heavy atom. The molecule has 3 aromatic rings. The highest BCUT2D eigenvalue weighted by Gasteiger charge is 2.30. The molecule has 0 aliphatic carbocycles. The van der Waals surface area contributed by atoms with Crippen molar-refractivity contribution in [2.45, 2.75) is 32.5 Å². The summed E-state index contributed by atoms with van der Waals surface area (Å²) in [5.41, 5.74) is -2.04. The summed E-state index contributed by atoms with van der Waals surface area (Å²) >= 11 is 0. The predicted molar refractivity (Wildman–Crippen MR) is 120 cm³/mol. The number of halogens is 4. The molecule has 1 aromatic heterocycles. The van der Waals surface area contributed by atoms with E-state index in [1.165, 1.54) is 24.3 Å². The van der Waals surface area contributed by atoms with Gasteiger partial charge in [0.25, 0.3) is 11.5 Å². The maximum Gasteiger partial charge on any atom is 0.416 e. The third-order valence-corrected chi connectivity index (χ3v) is 5.25. The van der Waals surface area contributed by atoms with E-state index in [1.54, 1.807) is 13.8 Å². The highest BCUT2D eigenvalue weighted by atomic mass is 19.4. The van der Waals surface area contributed by atoms with E-state index in [1.807, 2.05) is 5.32 Å². The molecule has 0 bridgehead atoms. The van der Waals surface area contributed by atoms with Crippen LogP contribution in [0, 0.1) is 5.82 Å². The molecule has 0 radical (unpaired) electrons. The van der Waals surface area contributed by atoms with E-state index in [0.717, 1.165) is 22.9 Å². The largest absolute Gasteiger partial charge is 0.505 e. The number of carboxylic acids is 1. The summed E-state index contributed by atoms with van der Waals surface area (Å²) in [6.45, 7) is 2.04. The number of nitrogens with one attached hydrogen (secondary N) is 1. The molecule has 0 saturated carbocycles. The van der Waals surface area contributed by atoms with Crippen molar-refractivity contribution in [2.24, 2.45) is 0 Å². The normalized spacial score (nSPS) is 11.5. The van der Waals surface area contributed by atoms with Crippen molar-refractivity contribution in [2.75, 3.05) is 6.54 Å². The van der Waals surface area contributed by atoms with E-state index in [2.05, 4.69) is 5.10 Å². The van der Waals surface area contributed by atoms with Crippen LogP contribution in [0.3, 0.4) is 0 Å². The molecule has 1 heterocycles. The lowest BCUT2D eigenvalue weighted by atomic mass is 10.0. The Morgan fingerprint density at radius 3 is 2.22 bits per heavy atom. The predicted octanol–water partition coefficient (Wildman–Crippen LogP) is 3.76. The summed E-state index contributed by atoms with van der Waals surface area (Å²) in [6.07, 6.45) is -4.50. The van der Waals surface area contributed by atoms with Crippen LogP contribution in [0.1, 0.15) is 46.9 Å². The third kappa shape index (κ3) is 5.70. The topological polar surface area (TPSA) is 122 Å². The number of carbonyl (C=O) groups is 2. The van der Waals surface area contributed by atoms with Gasteiger partial charge >= 0.3 is 12.1 Å². The lowest BCUT2D eigenvalue weighted by molar-refractivity contribution is -0.137. The van der Waals surface area contributed by atoms with Gasteiger partial charge in [-0.25, -0.2) is 9.07 Å². The van der Waals surface area contributed by atoms with Crippen LogP contribution in [0.25, 0.3) is 11.1 Å². The number of aromatic hydroxyl groups is 1. The molecule has 0 saturated heterocycles. The molecule has 0 aliphatic heterocycles. The molecular formula is C24H21F4N3O5. The maximum absolute atomic E-state index is 14.9. The molecule has 2 aromatic carbocycles. The fourth-order valence-corrected chi connectivity index (χ4v) is 3.39. The highest BCUT2D eigenvalue weighted by Crippen LogP contribution is 2.31. The zero-order valence-corrected chi connectivity index (χ0v) is 19.1. The lowest BCUT2D eigenvalue weighted by Gasteiger charge is -2.15. The van der Waals surface area contributed by atoms with Gasteiger partial charge in [0, 0.05) is 11.5 Å². The first-order valence-electron chi connectivity index (χ1n) is 10.6. The SMILES string of the molecule is CC(C)c1nn(Cc2ccc(-c3ccc(C(F)(F)F)cc3)cc2F)c(=O)c(C(=O)NCC(=O)O)c1O. The van der Waals surface area contributed by atoms with E-state index in [0.29, 0.717) is 11.1 Å². The van der Waals surface area contributed by atoms with Crippen molar-refractivity contribution >= 4 is 11.9 Å². The van der Waals surface area contributed by atoms with Crippen LogP contribution < -0.4 is 10.9 Å². The number of carbonyl (C=O) groups excluding carboxylic acids is 1. The zero-order chi connectivity index (χ0) is 26.8. The van der Waals surface area contributed by atoms with Crippen LogP contribution in [-0.2, 0) is 17.5 Å². The monoisotopic (exact) mass is 507 g/mol. The van der Waals surface area contributed by atoms with Crippen LogP contribution in [0.15, 0.2) is 47.3 Å². The van der Waals surface area contributed by atoms with E-state index < -0.39 is 65.3 Å². The average molecular weight is 507 g/mol. The van der Waals surface area contributed by atoms with Crippen LogP contribution in [0.2, 0.25) is 0 Å². The summed E-state index contributed by atoms with van der Waals surface area (Å²) in [7, 11) is 0. The molecule has 0 fully saturated rings. The number of hydrogen-bond acceptors (Lipinski definition) is 5. The quantitative estimate of drug-likeness (QED) is 0.419. The van der Waals surface area contributed by atoms with Gasteiger partial charge in [0.15, 0.2) is 5.75 Å². The van der Waals surface area contributed by atoms with Crippen LogP contribution >= 0.6 is 0 Å². The smallest absolute Gasteiger partial charge is 0.416 e. The Kier molecular flexibility index (Phi) is 7.46. The molecule has 3 rings (SSSR count). The summed E-state index contributed by atoms with van der Waals surface area (Å²) in [4.78, 5) is 36.0. The first-order chi connectivity index (χ1) is 16.8. The minimum atomic E-state index is -4.50. The molecule has 0 atom stereocenters. The number of carboxylic acid groups (broad SMARTS) is 1. The van der Waals surface area contributed by atoms with Gasteiger partial charge < -0.3 is 15.5 Å². The fourth-order valence-electron chi connectivity index (χ4n) is 3.39. The van der Waals surface area contributed by atoms with Gasteiger partial charge in [-0.1, -0.05) is 38.1 Å². The molecular weight excluding hydrogens is 486 g/mol. The number of amides is 1. The number of rotatable bonds is 7. The summed E-state index contributed by atoms with van der Waals surface area (Å²) in [5, 5.41) is 25.2. The molecule has 8 nitrogen and oxygen atoms in total. The minimum absolute atomic E-state index is 0.0162. The van der Waals surface area contributed by atoms with E-state index in [9.17, 15) is 37.1 Å². The first kappa shape index (κ1) is 26.4. The van der Waals surface area contributed by atoms with E-state index in [4.69, 9.17) is 5.11 Å². The van der Waals surface area contributed by atoms with Crippen molar-refractivity contribution in [3.05, 3.63) is 81.0 Å². The Balaban J connectivity index is 1.97. The van der Waals surface area contributed by atoms with Crippen molar-refractivity contribution in [3.8, 4) is 16.9 Å². The number of benzene rings is 2. The van der Waals surface area contributed by atoms with Gasteiger partial charge in [-0.15, -0.1) is 0 Å². The molecule has 3 N–H and O–H groups in total. The van der Waals surface area contributed by atoms with E-state index >= 15 is 0 Å². The summed E-state index contributed by atoms with van der Waals surface area (Å²) < 4.78 is 54.0. The second kappa shape index (κ2) is 10.2. The van der Waals surface area contributed by atoms with Crippen molar-refractivity contribution in [1.29, 1.82) is 0 Å². The minimum Gasteiger partial charge on any atom is -0.505 e. The molecule has 0 spiro atoms. The maximum atomic E-state index is 14.9. The van der Waals surface area contributed by atoms with Crippen molar-refractivity contribution < 1.29 is 37.4 Å². The summed E-state index contributed by atoms with van der Waals surface area (Å²) in [5.74, 6) is -4.42. The van der Waals surface area contributed by atoms with Crippen LogP contribution in [0.5, 0.6) is 5.75 Å². The number of nitrogens with zero attached hydrogens (tertiary/aromatic N) is 2. The van der Waals surface area contributed by atoms with Gasteiger partial charge in [-0.2, -0.15) is 18.3 Å². The summed E-state index contributed by atoms with van der Waals surface area (Å²) in [6, 6.07) is 8.05. The van der Waals surface area contributed by atoms with Crippen LogP contribution in [0.4, 0.5) is 17.6 Å². The van der Waals surface area contributed by atoms with Crippen LogP contribution in [-0.4, -0.2) is 38.4 Å². The van der Waals surface area contributed by atoms with Gasteiger partial charge in [0.1, 0.15) is 23.6 Å². The number of hydrogen-bond donors (Lipinski definition) is 3. The average Bonchev–Trinajstić information content (AvgIpc) is 2.80. The second-order valence-corrected chi connectivity index (χ2v) is 8.18. The number of aliphatic carboxylic acids is 1. The number of alkyl halides is 3. The number of aromatic nitrogens is 2. The Hall–Kier alpha value is -4.22. The third-order valence-electron chi connectivity index (χ3n) is 5.25. The van der Waals surface area contributed by atoms with Gasteiger partial charge in [0.2, 0.25) is 0 Å². The van der Waals surface area contributed by atoms with E-state index in [-0.39, 0.29) is 11.3 Å². The molecule has 12 heteroatoms.